The minimum Gasteiger partial charge on any atom is -0.279 e. The summed E-state index contributed by atoms with van der Waals surface area (Å²) < 4.78 is 40.8. The van der Waals surface area contributed by atoms with Crippen LogP contribution in [0.4, 0.5) is 10.1 Å². The molecule has 0 aromatic heterocycles. The maximum absolute atomic E-state index is 13.5. The highest BCUT2D eigenvalue weighted by molar-refractivity contribution is 9.10. The third kappa shape index (κ3) is 3.23. The van der Waals surface area contributed by atoms with Gasteiger partial charge in [-0.15, -0.1) is 0 Å². The first-order valence-corrected chi connectivity index (χ1v) is 8.10. The van der Waals surface area contributed by atoms with Gasteiger partial charge in [-0.3, -0.25) is 4.72 Å². The molecule has 4 nitrogen and oxygen atoms in total. The van der Waals surface area contributed by atoms with Crippen molar-refractivity contribution in [3.05, 3.63) is 57.8 Å². The van der Waals surface area contributed by atoms with E-state index in [4.69, 9.17) is 5.26 Å². The SMILES string of the molecule is Cc1cc(Br)c(F)cc1NS(=O)(=O)c1ccccc1C#N. The summed E-state index contributed by atoms with van der Waals surface area (Å²) >= 11 is 3.03. The molecule has 0 saturated carbocycles. The van der Waals surface area contributed by atoms with E-state index in [1.807, 2.05) is 6.07 Å². The van der Waals surface area contributed by atoms with Gasteiger partial charge in [-0.1, -0.05) is 12.1 Å². The van der Waals surface area contributed by atoms with E-state index in [2.05, 4.69) is 20.7 Å². The largest absolute Gasteiger partial charge is 0.279 e. The van der Waals surface area contributed by atoms with Gasteiger partial charge in [0, 0.05) is 0 Å². The molecule has 0 amide bonds. The van der Waals surface area contributed by atoms with E-state index in [-0.39, 0.29) is 20.6 Å². The van der Waals surface area contributed by atoms with Crippen LogP contribution >= 0.6 is 15.9 Å². The lowest BCUT2D eigenvalue weighted by Crippen LogP contribution is -2.15. The van der Waals surface area contributed by atoms with Crippen LogP contribution in [-0.4, -0.2) is 8.42 Å². The van der Waals surface area contributed by atoms with Crippen LogP contribution in [0.2, 0.25) is 0 Å². The number of hydrogen-bond acceptors (Lipinski definition) is 3. The molecule has 2 aromatic carbocycles. The third-order valence-electron chi connectivity index (χ3n) is 2.81. The van der Waals surface area contributed by atoms with Crippen molar-refractivity contribution in [3.8, 4) is 6.07 Å². The van der Waals surface area contributed by atoms with Gasteiger partial charge in [0.2, 0.25) is 0 Å². The average Bonchev–Trinajstić information content (AvgIpc) is 2.44. The molecule has 0 atom stereocenters. The lowest BCUT2D eigenvalue weighted by Gasteiger charge is -2.12. The monoisotopic (exact) mass is 368 g/mol. The number of sulfonamides is 1. The van der Waals surface area contributed by atoms with Gasteiger partial charge < -0.3 is 0 Å². The van der Waals surface area contributed by atoms with E-state index in [0.29, 0.717) is 5.56 Å². The molecule has 21 heavy (non-hydrogen) atoms. The molecule has 0 unspecified atom stereocenters. The molecular formula is C14H10BrFN2O2S. The first kappa shape index (κ1) is 15.5. The molecule has 7 heteroatoms. The van der Waals surface area contributed by atoms with Crippen LogP contribution in [0.1, 0.15) is 11.1 Å². The molecule has 0 radical (unpaired) electrons. The molecule has 0 bridgehead atoms. The molecule has 2 aromatic rings. The van der Waals surface area contributed by atoms with Crippen LogP contribution in [0.5, 0.6) is 0 Å². The molecular weight excluding hydrogens is 359 g/mol. The van der Waals surface area contributed by atoms with Crippen molar-refractivity contribution < 1.29 is 12.8 Å². The Hall–Kier alpha value is -1.91. The molecule has 0 spiro atoms. The predicted octanol–water partition coefficient (Wildman–Crippen LogP) is 3.57. The molecule has 0 fully saturated rings. The van der Waals surface area contributed by atoms with E-state index in [1.54, 1.807) is 13.0 Å². The normalized spacial score (nSPS) is 11.0. The van der Waals surface area contributed by atoms with E-state index in [9.17, 15) is 12.8 Å². The van der Waals surface area contributed by atoms with Crippen LogP contribution in [0, 0.1) is 24.1 Å². The van der Waals surface area contributed by atoms with Crippen molar-refractivity contribution in [1.29, 1.82) is 5.26 Å². The van der Waals surface area contributed by atoms with Crippen LogP contribution in [-0.2, 0) is 10.0 Å². The topological polar surface area (TPSA) is 70.0 Å². The first-order valence-electron chi connectivity index (χ1n) is 5.83. The molecule has 0 aliphatic heterocycles. The second-order valence-corrected chi connectivity index (χ2v) is 6.80. The van der Waals surface area contributed by atoms with Crippen LogP contribution in [0.25, 0.3) is 0 Å². The van der Waals surface area contributed by atoms with Crippen LogP contribution < -0.4 is 4.72 Å². The van der Waals surface area contributed by atoms with Crippen molar-refractivity contribution in [2.75, 3.05) is 4.72 Å². The number of anilines is 1. The number of nitriles is 1. The number of nitrogens with one attached hydrogen (secondary N) is 1. The summed E-state index contributed by atoms with van der Waals surface area (Å²) in [5.74, 6) is -0.577. The Balaban J connectivity index is 2.48. The van der Waals surface area contributed by atoms with Gasteiger partial charge in [0.05, 0.1) is 15.7 Å². The second kappa shape index (κ2) is 5.84. The fourth-order valence-corrected chi connectivity index (χ4v) is 3.49. The Bertz CT molecular complexity index is 845. The Morgan fingerprint density at radius 3 is 2.62 bits per heavy atom. The van der Waals surface area contributed by atoms with Gasteiger partial charge in [-0.05, 0) is 52.7 Å². The number of nitrogens with zero attached hydrogens (tertiary/aromatic N) is 1. The summed E-state index contributed by atoms with van der Waals surface area (Å²) in [6, 6.07) is 10.2. The zero-order chi connectivity index (χ0) is 15.6. The molecule has 2 rings (SSSR count). The lowest BCUT2D eigenvalue weighted by molar-refractivity contribution is 0.600. The van der Waals surface area contributed by atoms with Gasteiger partial charge in [0.1, 0.15) is 16.8 Å². The number of aryl methyl sites for hydroxylation is 1. The average molecular weight is 369 g/mol. The number of hydrogen-bond donors (Lipinski definition) is 1. The Kier molecular flexibility index (Phi) is 4.30. The summed E-state index contributed by atoms with van der Waals surface area (Å²) in [5.41, 5.74) is 0.713. The third-order valence-corrected chi connectivity index (χ3v) is 4.84. The van der Waals surface area contributed by atoms with E-state index in [0.717, 1.165) is 6.07 Å². The van der Waals surface area contributed by atoms with E-state index < -0.39 is 15.8 Å². The molecule has 0 aliphatic rings. The van der Waals surface area contributed by atoms with Gasteiger partial charge >= 0.3 is 0 Å². The smallest absolute Gasteiger partial charge is 0.263 e. The van der Waals surface area contributed by atoms with E-state index >= 15 is 0 Å². The van der Waals surface area contributed by atoms with E-state index in [1.165, 1.54) is 24.3 Å². The minimum absolute atomic E-state index is 0.0280. The standard InChI is InChI=1S/C14H10BrFN2O2S/c1-9-6-11(15)12(16)7-13(9)18-21(19,20)14-5-3-2-4-10(14)8-17/h2-7,18H,1H3. The minimum atomic E-state index is -3.96. The summed E-state index contributed by atoms with van der Waals surface area (Å²) in [4.78, 5) is -0.143. The molecule has 0 aliphatic carbocycles. The maximum Gasteiger partial charge on any atom is 0.263 e. The van der Waals surface area contributed by atoms with Crippen molar-refractivity contribution in [2.45, 2.75) is 11.8 Å². The maximum atomic E-state index is 13.5. The highest BCUT2D eigenvalue weighted by Crippen LogP contribution is 2.26. The number of benzene rings is 2. The quantitative estimate of drug-likeness (QED) is 0.899. The second-order valence-electron chi connectivity index (χ2n) is 4.29. The molecule has 108 valence electrons. The molecule has 1 N–H and O–H groups in total. The predicted molar refractivity (Wildman–Crippen MR) is 80.8 cm³/mol. The number of halogens is 2. The van der Waals surface area contributed by atoms with Crippen molar-refractivity contribution >= 4 is 31.6 Å². The molecule has 0 heterocycles. The summed E-state index contributed by atoms with van der Waals surface area (Å²) in [5, 5.41) is 8.97. The Labute approximate surface area is 130 Å². The fourth-order valence-electron chi connectivity index (χ4n) is 1.75. The van der Waals surface area contributed by atoms with Crippen LogP contribution in [0.15, 0.2) is 45.8 Å². The highest BCUT2D eigenvalue weighted by atomic mass is 79.9. The summed E-state index contributed by atoms with van der Waals surface area (Å²) in [7, 11) is -3.96. The Morgan fingerprint density at radius 2 is 1.95 bits per heavy atom. The fraction of sp³-hybridized carbons (Fsp3) is 0.0714. The van der Waals surface area contributed by atoms with Gasteiger partial charge in [0.25, 0.3) is 10.0 Å². The van der Waals surface area contributed by atoms with Crippen LogP contribution in [0.3, 0.4) is 0 Å². The van der Waals surface area contributed by atoms with Gasteiger partial charge in [-0.2, -0.15) is 5.26 Å². The van der Waals surface area contributed by atoms with Crippen molar-refractivity contribution in [2.24, 2.45) is 0 Å². The summed E-state index contributed by atoms with van der Waals surface area (Å²) in [6.45, 7) is 1.65. The molecule has 0 saturated heterocycles. The zero-order valence-corrected chi connectivity index (χ0v) is 13.3. The van der Waals surface area contributed by atoms with Gasteiger partial charge in [0.15, 0.2) is 0 Å². The Morgan fingerprint density at radius 1 is 1.29 bits per heavy atom. The van der Waals surface area contributed by atoms with Crippen molar-refractivity contribution in [1.82, 2.24) is 0 Å². The number of rotatable bonds is 3. The van der Waals surface area contributed by atoms with Crippen molar-refractivity contribution in [3.63, 3.8) is 0 Å². The summed E-state index contributed by atoms with van der Waals surface area (Å²) in [6.07, 6.45) is 0. The van der Waals surface area contributed by atoms with Gasteiger partial charge in [-0.25, -0.2) is 12.8 Å². The first-order chi connectivity index (χ1) is 9.85. The highest BCUT2D eigenvalue weighted by Gasteiger charge is 2.19. The lowest BCUT2D eigenvalue weighted by atomic mass is 10.2. The zero-order valence-electron chi connectivity index (χ0n) is 10.9.